The van der Waals surface area contributed by atoms with E-state index in [2.05, 4.69) is 5.10 Å². The van der Waals surface area contributed by atoms with Crippen molar-refractivity contribution in [2.75, 3.05) is 0 Å². The molecule has 0 aliphatic heterocycles. The predicted octanol–water partition coefficient (Wildman–Crippen LogP) is 4.59. The lowest BCUT2D eigenvalue weighted by molar-refractivity contribution is 0.658. The molecule has 5 heteroatoms. The zero-order valence-electron chi connectivity index (χ0n) is 10.2. The van der Waals surface area contributed by atoms with Gasteiger partial charge in [-0.15, -0.1) is 11.6 Å². The second kappa shape index (κ2) is 5.52. The highest BCUT2D eigenvalue weighted by Gasteiger charge is 2.12. The summed E-state index contributed by atoms with van der Waals surface area (Å²) in [6, 6.07) is 5.44. The molecule has 0 saturated carbocycles. The molecule has 2 aromatic rings. The number of aryl methyl sites for hydroxylation is 1. The highest BCUT2D eigenvalue weighted by Crippen LogP contribution is 2.23. The van der Waals surface area contributed by atoms with Gasteiger partial charge < -0.3 is 0 Å². The van der Waals surface area contributed by atoms with Crippen LogP contribution in [0.4, 0.5) is 0 Å². The van der Waals surface area contributed by atoms with Crippen molar-refractivity contribution < 1.29 is 0 Å². The summed E-state index contributed by atoms with van der Waals surface area (Å²) in [6.07, 6.45) is 0. The maximum absolute atomic E-state index is 6.15. The van der Waals surface area contributed by atoms with Gasteiger partial charge in [0.2, 0.25) is 0 Å². The Bertz CT molecular complexity index is 576. The van der Waals surface area contributed by atoms with E-state index >= 15 is 0 Å². The van der Waals surface area contributed by atoms with Crippen molar-refractivity contribution in [3.05, 3.63) is 50.8 Å². The first-order chi connectivity index (χ1) is 8.52. The fourth-order valence-electron chi connectivity index (χ4n) is 1.91. The molecule has 1 aromatic carbocycles. The molecule has 18 heavy (non-hydrogen) atoms. The molecule has 0 aliphatic carbocycles. The zero-order valence-corrected chi connectivity index (χ0v) is 12.4. The summed E-state index contributed by atoms with van der Waals surface area (Å²) in [5.41, 5.74) is 4.06. The lowest BCUT2D eigenvalue weighted by atomic mass is 10.2. The van der Waals surface area contributed by atoms with Crippen LogP contribution >= 0.6 is 34.8 Å². The van der Waals surface area contributed by atoms with Crippen LogP contribution in [-0.2, 0) is 12.4 Å². The van der Waals surface area contributed by atoms with Gasteiger partial charge in [0.1, 0.15) is 0 Å². The van der Waals surface area contributed by atoms with Crippen molar-refractivity contribution in [1.29, 1.82) is 0 Å². The van der Waals surface area contributed by atoms with Crippen LogP contribution in [0.5, 0.6) is 0 Å². The number of halogens is 3. The summed E-state index contributed by atoms with van der Waals surface area (Å²) >= 11 is 18.0. The molecular weight excluding hydrogens is 291 g/mol. The maximum atomic E-state index is 6.15. The molecular formula is C13H13Cl3N2. The Balaban J connectivity index is 2.37. The quantitative estimate of drug-likeness (QED) is 0.758. The maximum Gasteiger partial charge on any atom is 0.0677 e. The number of hydrogen-bond acceptors (Lipinski definition) is 1. The van der Waals surface area contributed by atoms with Crippen LogP contribution in [0.1, 0.15) is 22.5 Å². The average molecular weight is 304 g/mol. The van der Waals surface area contributed by atoms with Gasteiger partial charge in [-0.3, -0.25) is 4.68 Å². The number of rotatable bonds is 3. The molecule has 1 heterocycles. The van der Waals surface area contributed by atoms with Crippen LogP contribution < -0.4 is 0 Å². The Labute approximate surface area is 121 Å². The minimum absolute atomic E-state index is 0.473. The van der Waals surface area contributed by atoms with Gasteiger partial charge >= 0.3 is 0 Å². The minimum Gasteiger partial charge on any atom is -0.265 e. The van der Waals surface area contributed by atoms with Crippen molar-refractivity contribution in [2.45, 2.75) is 26.3 Å². The van der Waals surface area contributed by atoms with Gasteiger partial charge in [-0.2, -0.15) is 5.10 Å². The Morgan fingerprint density at radius 3 is 2.56 bits per heavy atom. The van der Waals surface area contributed by atoms with Gasteiger partial charge in [0, 0.05) is 21.3 Å². The van der Waals surface area contributed by atoms with Crippen LogP contribution in [-0.4, -0.2) is 9.78 Å². The molecule has 0 amide bonds. The van der Waals surface area contributed by atoms with E-state index in [9.17, 15) is 0 Å². The third kappa shape index (κ3) is 2.66. The first-order valence-corrected chi connectivity index (χ1v) is 6.84. The van der Waals surface area contributed by atoms with Gasteiger partial charge in [0.25, 0.3) is 0 Å². The van der Waals surface area contributed by atoms with Crippen molar-refractivity contribution in [1.82, 2.24) is 9.78 Å². The van der Waals surface area contributed by atoms with E-state index in [4.69, 9.17) is 34.8 Å². The number of aromatic nitrogens is 2. The molecule has 0 saturated heterocycles. The smallest absolute Gasteiger partial charge is 0.0677 e. The topological polar surface area (TPSA) is 17.8 Å². The van der Waals surface area contributed by atoms with Gasteiger partial charge in [0.15, 0.2) is 0 Å². The fraction of sp³-hybridized carbons (Fsp3) is 0.308. The molecule has 2 rings (SSSR count). The Morgan fingerprint density at radius 1 is 1.22 bits per heavy atom. The SMILES string of the molecule is Cc1nn(Cc2cc(Cl)ccc2Cl)c(C)c1CCl. The third-order valence-electron chi connectivity index (χ3n) is 2.99. The lowest BCUT2D eigenvalue weighted by Gasteiger charge is -2.07. The minimum atomic E-state index is 0.473. The van der Waals surface area contributed by atoms with Gasteiger partial charge in [0.05, 0.1) is 18.1 Å². The summed E-state index contributed by atoms with van der Waals surface area (Å²) in [5, 5.41) is 5.85. The van der Waals surface area contributed by atoms with E-state index in [1.54, 1.807) is 12.1 Å². The number of nitrogens with zero attached hydrogens (tertiary/aromatic N) is 2. The molecule has 2 nitrogen and oxygen atoms in total. The first-order valence-electron chi connectivity index (χ1n) is 5.55. The van der Waals surface area contributed by atoms with E-state index in [1.807, 2.05) is 24.6 Å². The molecule has 0 N–H and O–H groups in total. The Morgan fingerprint density at radius 2 is 1.94 bits per heavy atom. The third-order valence-corrected chi connectivity index (χ3v) is 3.86. The van der Waals surface area contributed by atoms with Crippen molar-refractivity contribution in [3.63, 3.8) is 0 Å². The van der Waals surface area contributed by atoms with Crippen LogP contribution in [0.15, 0.2) is 18.2 Å². The van der Waals surface area contributed by atoms with E-state index in [-0.39, 0.29) is 0 Å². The summed E-state index contributed by atoms with van der Waals surface area (Å²) in [7, 11) is 0. The standard InChI is InChI=1S/C13H13Cl3N2/c1-8-12(6-14)9(2)18(17-8)7-10-5-11(15)3-4-13(10)16/h3-5H,6-7H2,1-2H3. The first kappa shape index (κ1) is 13.7. The predicted molar refractivity (Wildman–Crippen MR) is 76.8 cm³/mol. The summed E-state index contributed by atoms with van der Waals surface area (Å²) in [6.45, 7) is 4.57. The fourth-order valence-corrected chi connectivity index (χ4v) is 2.67. The monoisotopic (exact) mass is 302 g/mol. The van der Waals surface area contributed by atoms with Crippen LogP contribution in [0, 0.1) is 13.8 Å². The summed E-state index contributed by atoms with van der Waals surface area (Å²) < 4.78 is 1.91. The van der Waals surface area contributed by atoms with Crippen molar-refractivity contribution >= 4 is 34.8 Å². The molecule has 0 aliphatic rings. The van der Waals surface area contributed by atoms with E-state index in [0.29, 0.717) is 22.5 Å². The number of benzene rings is 1. The highest BCUT2D eigenvalue weighted by atomic mass is 35.5. The molecule has 0 atom stereocenters. The second-order valence-electron chi connectivity index (χ2n) is 4.18. The zero-order chi connectivity index (χ0) is 13.3. The number of alkyl halides is 1. The molecule has 0 unspecified atom stereocenters. The van der Waals surface area contributed by atoms with Crippen molar-refractivity contribution in [2.24, 2.45) is 0 Å². The van der Waals surface area contributed by atoms with E-state index in [1.165, 1.54) is 0 Å². The molecule has 96 valence electrons. The molecule has 0 fully saturated rings. The summed E-state index contributed by atoms with van der Waals surface area (Å²) in [5.74, 6) is 0.473. The van der Waals surface area contributed by atoms with Crippen molar-refractivity contribution in [3.8, 4) is 0 Å². The number of hydrogen-bond donors (Lipinski definition) is 0. The van der Waals surface area contributed by atoms with E-state index < -0.39 is 0 Å². The van der Waals surface area contributed by atoms with E-state index in [0.717, 1.165) is 22.5 Å². The van der Waals surface area contributed by atoms with Gasteiger partial charge in [-0.25, -0.2) is 0 Å². The molecule has 0 spiro atoms. The van der Waals surface area contributed by atoms with Gasteiger partial charge in [-0.1, -0.05) is 23.2 Å². The molecule has 0 radical (unpaired) electrons. The van der Waals surface area contributed by atoms with Crippen LogP contribution in [0.2, 0.25) is 10.0 Å². The second-order valence-corrected chi connectivity index (χ2v) is 5.29. The van der Waals surface area contributed by atoms with Crippen LogP contribution in [0.25, 0.3) is 0 Å². The van der Waals surface area contributed by atoms with Gasteiger partial charge in [-0.05, 0) is 37.6 Å². The summed E-state index contributed by atoms with van der Waals surface area (Å²) in [4.78, 5) is 0. The average Bonchev–Trinajstić information content (AvgIpc) is 2.59. The highest BCUT2D eigenvalue weighted by molar-refractivity contribution is 6.33. The normalized spacial score (nSPS) is 10.9. The largest absolute Gasteiger partial charge is 0.265 e. The molecule has 1 aromatic heterocycles. The molecule has 0 bridgehead atoms. The van der Waals surface area contributed by atoms with Crippen LogP contribution in [0.3, 0.4) is 0 Å². The lowest BCUT2D eigenvalue weighted by Crippen LogP contribution is -2.04. The Kier molecular flexibility index (Phi) is 4.21. The Hall–Kier alpha value is -0.700.